The van der Waals surface area contributed by atoms with Crippen molar-refractivity contribution in [3.63, 3.8) is 0 Å². The highest BCUT2D eigenvalue weighted by Gasteiger charge is 2.30. The molecule has 4 rings (SSSR count). The Bertz CT molecular complexity index is 1360. The zero-order valence-electron chi connectivity index (χ0n) is 20.5. The van der Waals surface area contributed by atoms with Gasteiger partial charge in [-0.3, -0.25) is 4.79 Å². The van der Waals surface area contributed by atoms with Crippen LogP contribution in [0.15, 0.2) is 48.5 Å². The fourth-order valence-electron chi connectivity index (χ4n) is 4.25. The molecule has 1 aliphatic rings. The normalized spacial score (nSPS) is 13.4. The van der Waals surface area contributed by atoms with Gasteiger partial charge in [0.2, 0.25) is 0 Å². The van der Waals surface area contributed by atoms with Gasteiger partial charge in [0.05, 0.1) is 23.4 Å². The lowest BCUT2D eigenvalue weighted by atomic mass is 10.0. The zero-order chi connectivity index (χ0) is 27.4. The van der Waals surface area contributed by atoms with Crippen LogP contribution in [-0.2, 0) is 0 Å². The Balaban J connectivity index is 1.53. The maximum Gasteiger partial charge on any atom is 0.337 e. The summed E-state index contributed by atoms with van der Waals surface area (Å²) < 4.78 is 36.8. The smallest absolute Gasteiger partial charge is 0.337 e. The van der Waals surface area contributed by atoms with Crippen molar-refractivity contribution >= 4 is 51.5 Å². The summed E-state index contributed by atoms with van der Waals surface area (Å²) >= 11 is 2.11. The largest absolute Gasteiger partial charge is 0.491 e. The molecule has 3 aromatic rings. The molecule has 3 aromatic carbocycles. The maximum absolute atomic E-state index is 15.2. The van der Waals surface area contributed by atoms with Crippen molar-refractivity contribution in [2.24, 2.45) is 0 Å². The Morgan fingerprint density at radius 2 is 1.76 bits per heavy atom. The average molecular weight is 637 g/mol. The molecular formula is C27H26F2IN3O5. The molecule has 3 N–H and O–H groups in total. The van der Waals surface area contributed by atoms with Crippen LogP contribution in [0.4, 0.5) is 25.8 Å². The quantitative estimate of drug-likeness (QED) is 0.309. The second kappa shape index (κ2) is 11.9. The minimum absolute atomic E-state index is 0.103. The second-order valence-electron chi connectivity index (χ2n) is 8.71. The number of nitrogens with zero attached hydrogens (tertiary/aromatic N) is 2. The van der Waals surface area contributed by atoms with E-state index in [9.17, 15) is 14.7 Å². The number of hydrogen-bond acceptors (Lipinski definition) is 6. The number of amides is 1. The number of ether oxygens (including phenoxy) is 1. The second-order valence-corrected chi connectivity index (χ2v) is 9.96. The molecule has 0 aromatic heterocycles. The lowest BCUT2D eigenvalue weighted by Gasteiger charge is -2.36. The molecule has 0 atom stereocenters. The van der Waals surface area contributed by atoms with E-state index >= 15 is 8.78 Å². The van der Waals surface area contributed by atoms with Crippen LogP contribution in [0.2, 0.25) is 0 Å². The molecule has 0 unspecified atom stereocenters. The number of hydrogen-bond donors (Lipinski definition) is 3. The van der Waals surface area contributed by atoms with Gasteiger partial charge in [0.15, 0.2) is 11.6 Å². The fourth-order valence-corrected chi connectivity index (χ4v) is 4.89. The predicted molar refractivity (Wildman–Crippen MR) is 148 cm³/mol. The number of anilines is 3. The van der Waals surface area contributed by atoms with E-state index in [0.717, 1.165) is 20.9 Å². The number of halogens is 3. The molecule has 0 bridgehead atoms. The van der Waals surface area contributed by atoms with E-state index in [2.05, 4.69) is 27.9 Å². The van der Waals surface area contributed by atoms with Gasteiger partial charge in [-0.15, -0.1) is 0 Å². The third-order valence-electron chi connectivity index (χ3n) is 6.23. The van der Waals surface area contributed by atoms with Crippen LogP contribution in [0.5, 0.6) is 5.75 Å². The number of carboxylic acids is 1. The Hall–Kier alpha value is -3.45. The zero-order valence-corrected chi connectivity index (χ0v) is 22.7. The van der Waals surface area contributed by atoms with Crippen LogP contribution < -0.4 is 15.0 Å². The summed E-state index contributed by atoms with van der Waals surface area (Å²) in [7, 11) is 0. The first-order valence-corrected chi connectivity index (χ1v) is 12.9. The van der Waals surface area contributed by atoms with Crippen molar-refractivity contribution < 1.29 is 33.3 Å². The summed E-state index contributed by atoms with van der Waals surface area (Å²) in [6, 6.07) is 13.4. The molecule has 0 saturated carbocycles. The number of nitrogens with one attached hydrogen (secondary N) is 1. The SMILES string of the molecule is Cc1cc(I)ccc1Nc1c(C(=O)O)cc(C(=O)N2CCN(c3cccc(OCCO)c3)CC2)c(F)c1F. The molecule has 11 heteroatoms. The Morgan fingerprint density at radius 3 is 2.42 bits per heavy atom. The van der Waals surface area contributed by atoms with Crippen molar-refractivity contribution in [3.8, 4) is 5.75 Å². The van der Waals surface area contributed by atoms with Gasteiger partial charge < -0.3 is 30.1 Å². The summed E-state index contributed by atoms with van der Waals surface area (Å²) in [5.41, 5.74) is 0.299. The van der Waals surface area contributed by atoms with E-state index in [1.807, 2.05) is 29.2 Å². The van der Waals surface area contributed by atoms with Crippen LogP contribution in [-0.4, -0.2) is 66.4 Å². The molecule has 1 fully saturated rings. The topological polar surface area (TPSA) is 102 Å². The monoisotopic (exact) mass is 637 g/mol. The lowest BCUT2D eigenvalue weighted by Crippen LogP contribution is -2.49. The minimum atomic E-state index is -1.49. The lowest BCUT2D eigenvalue weighted by molar-refractivity contribution is 0.0697. The molecule has 0 spiro atoms. The van der Waals surface area contributed by atoms with Crippen LogP contribution >= 0.6 is 22.6 Å². The molecule has 1 saturated heterocycles. The van der Waals surface area contributed by atoms with E-state index < -0.39 is 40.3 Å². The molecule has 1 amide bonds. The highest BCUT2D eigenvalue weighted by molar-refractivity contribution is 14.1. The third kappa shape index (κ3) is 5.99. The highest BCUT2D eigenvalue weighted by atomic mass is 127. The number of benzene rings is 3. The Morgan fingerprint density at radius 1 is 1.03 bits per heavy atom. The first-order chi connectivity index (χ1) is 18.2. The number of aliphatic hydroxyl groups is 1. The third-order valence-corrected chi connectivity index (χ3v) is 6.90. The molecule has 200 valence electrons. The fraction of sp³-hybridized carbons (Fsp3) is 0.259. The Kier molecular flexibility index (Phi) is 8.67. The molecule has 0 aliphatic carbocycles. The van der Waals surface area contributed by atoms with E-state index in [1.165, 1.54) is 4.90 Å². The van der Waals surface area contributed by atoms with Crippen LogP contribution in [0.3, 0.4) is 0 Å². The van der Waals surface area contributed by atoms with Crippen molar-refractivity contribution in [2.75, 3.05) is 49.6 Å². The van der Waals surface area contributed by atoms with Crippen LogP contribution in [0, 0.1) is 22.1 Å². The van der Waals surface area contributed by atoms with Gasteiger partial charge in [0.1, 0.15) is 12.4 Å². The molecule has 8 nitrogen and oxygen atoms in total. The number of carbonyl (C=O) groups excluding carboxylic acids is 1. The molecule has 1 heterocycles. The van der Waals surface area contributed by atoms with Gasteiger partial charge in [0.25, 0.3) is 5.91 Å². The molecule has 1 aliphatic heterocycles. The summed E-state index contributed by atoms with van der Waals surface area (Å²) in [6.45, 7) is 3.14. The van der Waals surface area contributed by atoms with Crippen molar-refractivity contribution in [1.82, 2.24) is 4.90 Å². The van der Waals surface area contributed by atoms with Crippen LogP contribution in [0.25, 0.3) is 0 Å². The van der Waals surface area contributed by atoms with Gasteiger partial charge >= 0.3 is 5.97 Å². The summed E-state index contributed by atoms with van der Waals surface area (Å²) in [5, 5.41) is 21.4. The average Bonchev–Trinajstić information content (AvgIpc) is 2.91. The molecule has 0 radical (unpaired) electrons. The maximum atomic E-state index is 15.2. The van der Waals surface area contributed by atoms with E-state index in [-0.39, 0.29) is 26.3 Å². The number of carboxylic acid groups (broad SMARTS) is 1. The van der Waals surface area contributed by atoms with Gasteiger partial charge in [-0.25, -0.2) is 13.6 Å². The van der Waals surface area contributed by atoms with E-state index in [1.54, 1.807) is 25.1 Å². The standard InChI is InChI=1S/C27H26F2IN3O5/c1-16-13-17(30)5-6-22(16)31-25-21(27(36)37)15-20(23(28)24(25)29)26(35)33-9-7-32(8-10-33)18-3-2-4-19(14-18)38-12-11-34/h2-6,13-15,31,34H,7-12H2,1H3,(H,36,37). The van der Waals surface area contributed by atoms with Gasteiger partial charge in [-0.05, 0) is 71.5 Å². The first kappa shape index (κ1) is 27.6. The van der Waals surface area contributed by atoms with Gasteiger partial charge in [-0.1, -0.05) is 6.07 Å². The first-order valence-electron chi connectivity index (χ1n) is 11.9. The van der Waals surface area contributed by atoms with Crippen molar-refractivity contribution in [3.05, 3.63) is 80.4 Å². The number of rotatable bonds is 8. The predicted octanol–water partition coefficient (Wildman–Crippen LogP) is 4.65. The molecular weight excluding hydrogens is 611 g/mol. The van der Waals surface area contributed by atoms with E-state index in [0.29, 0.717) is 24.5 Å². The summed E-state index contributed by atoms with van der Waals surface area (Å²) in [6.07, 6.45) is 0. The molecule has 38 heavy (non-hydrogen) atoms. The van der Waals surface area contributed by atoms with Gasteiger partial charge in [-0.2, -0.15) is 0 Å². The van der Waals surface area contributed by atoms with Crippen molar-refractivity contribution in [2.45, 2.75) is 6.92 Å². The number of carbonyl (C=O) groups is 2. The summed E-state index contributed by atoms with van der Waals surface area (Å²) in [4.78, 5) is 28.5. The number of aliphatic hydroxyl groups excluding tert-OH is 1. The number of aryl methyl sites for hydroxylation is 1. The highest BCUT2D eigenvalue weighted by Crippen LogP contribution is 2.32. The number of aromatic carboxylic acids is 1. The minimum Gasteiger partial charge on any atom is -0.491 e. The summed E-state index contributed by atoms with van der Waals surface area (Å²) in [5.74, 6) is -4.49. The Labute approximate surface area is 232 Å². The number of piperazine rings is 1. The van der Waals surface area contributed by atoms with E-state index in [4.69, 9.17) is 9.84 Å². The van der Waals surface area contributed by atoms with Crippen LogP contribution in [0.1, 0.15) is 26.3 Å². The van der Waals surface area contributed by atoms with Crippen molar-refractivity contribution in [1.29, 1.82) is 0 Å². The van der Waals surface area contributed by atoms with Gasteiger partial charge in [0, 0.05) is 47.2 Å².